The molecule has 4 rings (SSSR count). The van der Waals surface area contributed by atoms with E-state index in [1.807, 2.05) is 44.2 Å². The van der Waals surface area contributed by atoms with Crippen LogP contribution in [0.15, 0.2) is 77.3 Å². The van der Waals surface area contributed by atoms with Crippen LogP contribution in [0.1, 0.15) is 27.8 Å². The number of allylic oxidation sites excluding steroid dienone is 1. The van der Waals surface area contributed by atoms with Gasteiger partial charge in [-0.3, -0.25) is 14.9 Å². The Morgan fingerprint density at radius 2 is 1.84 bits per heavy atom. The van der Waals surface area contributed by atoms with Crippen molar-refractivity contribution >= 4 is 45.5 Å². The summed E-state index contributed by atoms with van der Waals surface area (Å²) in [6.45, 7) is 8.04. The monoisotopic (exact) mass is 574 g/mol. The summed E-state index contributed by atoms with van der Waals surface area (Å²) in [4.78, 5) is 39.6. The van der Waals surface area contributed by atoms with E-state index in [2.05, 4.69) is 27.8 Å². The largest absolute Gasteiger partial charge is 0.493 e. The van der Waals surface area contributed by atoms with Gasteiger partial charge in [-0.05, 0) is 73.4 Å². The van der Waals surface area contributed by atoms with E-state index in [0.717, 1.165) is 31.6 Å². The van der Waals surface area contributed by atoms with Gasteiger partial charge in [-0.25, -0.2) is 9.69 Å². The number of rotatable bonds is 8. The van der Waals surface area contributed by atoms with Crippen LogP contribution in [0.4, 0.5) is 10.5 Å². The number of amides is 4. The Kier molecular flexibility index (Phi) is 8.12. The van der Waals surface area contributed by atoms with Crippen LogP contribution in [0.25, 0.3) is 6.08 Å². The number of nitrogens with one attached hydrogen (secondary N) is 1. The zero-order valence-corrected chi connectivity index (χ0v) is 22.9. The first-order valence-corrected chi connectivity index (χ1v) is 12.7. The van der Waals surface area contributed by atoms with Gasteiger partial charge in [-0.1, -0.05) is 51.8 Å². The van der Waals surface area contributed by atoms with Gasteiger partial charge in [-0.15, -0.1) is 6.58 Å². The van der Waals surface area contributed by atoms with Gasteiger partial charge < -0.3 is 9.47 Å². The lowest BCUT2D eigenvalue weighted by Gasteiger charge is -2.27. The molecule has 7 nitrogen and oxygen atoms in total. The van der Waals surface area contributed by atoms with Crippen molar-refractivity contribution in [3.05, 3.63) is 105 Å². The first-order valence-electron chi connectivity index (χ1n) is 11.9. The molecule has 3 aromatic carbocycles. The molecular formula is C30H27BrN2O5. The molecule has 0 atom stereocenters. The van der Waals surface area contributed by atoms with E-state index in [9.17, 15) is 14.4 Å². The first kappa shape index (κ1) is 26.9. The topological polar surface area (TPSA) is 84.9 Å². The van der Waals surface area contributed by atoms with Crippen molar-refractivity contribution in [1.29, 1.82) is 0 Å². The number of imide groups is 2. The summed E-state index contributed by atoms with van der Waals surface area (Å²) in [7, 11) is 1.53. The Morgan fingerprint density at radius 1 is 1.05 bits per heavy atom. The highest BCUT2D eigenvalue weighted by Crippen LogP contribution is 2.35. The fourth-order valence-electron chi connectivity index (χ4n) is 4.17. The number of anilines is 1. The van der Waals surface area contributed by atoms with Crippen molar-refractivity contribution in [2.45, 2.75) is 26.9 Å². The number of carbonyl (C=O) groups is 3. The van der Waals surface area contributed by atoms with Crippen LogP contribution in [-0.2, 0) is 22.6 Å². The molecule has 0 unspecified atom stereocenters. The Labute approximate surface area is 229 Å². The Bertz CT molecular complexity index is 1480. The van der Waals surface area contributed by atoms with Crippen LogP contribution in [0.2, 0.25) is 0 Å². The molecule has 1 heterocycles. The van der Waals surface area contributed by atoms with Crippen LogP contribution in [0.3, 0.4) is 0 Å². The van der Waals surface area contributed by atoms with Gasteiger partial charge in [0.25, 0.3) is 11.8 Å². The van der Waals surface area contributed by atoms with Crippen molar-refractivity contribution in [1.82, 2.24) is 5.32 Å². The van der Waals surface area contributed by atoms with Crippen LogP contribution in [0.5, 0.6) is 11.5 Å². The minimum Gasteiger partial charge on any atom is -0.493 e. The number of benzene rings is 3. The average molecular weight is 575 g/mol. The molecule has 1 aliphatic rings. The van der Waals surface area contributed by atoms with Gasteiger partial charge in [0.05, 0.1) is 12.8 Å². The third-order valence-corrected chi connectivity index (χ3v) is 6.91. The highest BCUT2D eigenvalue weighted by molar-refractivity contribution is 9.10. The van der Waals surface area contributed by atoms with Gasteiger partial charge in [0, 0.05) is 10.0 Å². The van der Waals surface area contributed by atoms with Gasteiger partial charge in [0.2, 0.25) is 0 Å². The van der Waals surface area contributed by atoms with Crippen LogP contribution in [0, 0.1) is 13.8 Å². The lowest BCUT2D eigenvalue weighted by molar-refractivity contribution is -0.122. The van der Waals surface area contributed by atoms with E-state index in [1.165, 1.54) is 13.2 Å². The Balaban J connectivity index is 1.70. The van der Waals surface area contributed by atoms with E-state index in [-0.39, 0.29) is 5.57 Å². The molecule has 1 N–H and O–H groups in total. The average Bonchev–Trinajstić information content (AvgIpc) is 2.87. The third-order valence-electron chi connectivity index (χ3n) is 6.02. The molecule has 0 saturated carbocycles. The Hall–Kier alpha value is -4.17. The Morgan fingerprint density at radius 3 is 2.53 bits per heavy atom. The van der Waals surface area contributed by atoms with E-state index in [1.54, 1.807) is 30.3 Å². The number of nitrogens with zero attached hydrogens (tertiary/aromatic N) is 1. The number of hydrogen-bond donors (Lipinski definition) is 1. The third kappa shape index (κ3) is 5.70. The lowest BCUT2D eigenvalue weighted by atomic mass is 10.0. The molecule has 0 bridgehead atoms. The number of ether oxygens (including phenoxy) is 2. The molecule has 0 spiro atoms. The summed E-state index contributed by atoms with van der Waals surface area (Å²) < 4.78 is 12.6. The van der Waals surface area contributed by atoms with Crippen LogP contribution < -0.4 is 19.7 Å². The maximum Gasteiger partial charge on any atom is 0.335 e. The molecule has 0 aliphatic carbocycles. The number of hydrogen-bond acceptors (Lipinski definition) is 5. The molecule has 0 aromatic heterocycles. The molecule has 1 saturated heterocycles. The summed E-state index contributed by atoms with van der Waals surface area (Å²) in [6, 6.07) is 15.8. The fourth-order valence-corrected chi connectivity index (χ4v) is 4.42. The van der Waals surface area contributed by atoms with E-state index in [0.29, 0.717) is 35.8 Å². The SMILES string of the molecule is C=CCc1cc(/C=C2\C(=O)NC(=O)N(c3ccc(Br)c(C)c3)C2=O)cc(OC)c1OCc1cccc(C)c1. The van der Waals surface area contributed by atoms with E-state index < -0.39 is 17.8 Å². The number of aryl methyl sites for hydroxylation is 2. The number of halogens is 1. The lowest BCUT2D eigenvalue weighted by Crippen LogP contribution is -2.54. The van der Waals surface area contributed by atoms with Crippen molar-refractivity contribution in [2.75, 3.05) is 12.0 Å². The molecule has 1 fully saturated rings. The minimum absolute atomic E-state index is 0.176. The number of urea groups is 1. The molecule has 8 heteroatoms. The summed E-state index contributed by atoms with van der Waals surface area (Å²) >= 11 is 3.42. The predicted molar refractivity (Wildman–Crippen MR) is 150 cm³/mol. The summed E-state index contributed by atoms with van der Waals surface area (Å²) in [5, 5.41) is 2.26. The summed E-state index contributed by atoms with van der Waals surface area (Å²) in [5.41, 5.74) is 4.49. The summed E-state index contributed by atoms with van der Waals surface area (Å²) in [5.74, 6) is -0.486. The quantitative estimate of drug-likeness (QED) is 0.201. The second kappa shape index (κ2) is 11.5. The maximum absolute atomic E-state index is 13.4. The zero-order chi connectivity index (χ0) is 27.4. The molecule has 3 aromatic rings. The van der Waals surface area contributed by atoms with Gasteiger partial charge in [0.1, 0.15) is 12.2 Å². The van der Waals surface area contributed by atoms with Gasteiger partial charge in [0.15, 0.2) is 11.5 Å². The van der Waals surface area contributed by atoms with Crippen LogP contribution in [-0.4, -0.2) is 25.0 Å². The zero-order valence-electron chi connectivity index (χ0n) is 21.3. The van der Waals surface area contributed by atoms with Crippen molar-refractivity contribution < 1.29 is 23.9 Å². The second-order valence-corrected chi connectivity index (χ2v) is 9.73. The standard InChI is InChI=1S/C30H27BrN2O5/c1-5-7-22-14-21(16-26(37-4)27(22)38-17-20-9-6-8-18(2)12-20)15-24-28(34)32-30(36)33(29(24)35)23-10-11-25(31)19(3)13-23/h5-6,8-16H,1,7,17H2,2-4H3,(H,32,34,36)/b24-15+. The normalized spacial score (nSPS) is 14.5. The smallest absolute Gasteiger partial charge is 0.335 e. The molecule has 194 valence electrons. The fraction of sp³-hybridized carbons (Fsp3) is 0.167. The molecule has 4 amide bonds. The molecular weight excluding hydrogens is 548 g/mol. The number of carbonyl (C=O) groups excluding carboxylic acids is 3. The van der Waals surface area contributed by atoms with Crippen LogP contribution >= 0.6 is 15.9 Å². The number of methoxy groups -OCH3 is 1. The first-order chi connectivity index (χ1) is 18.2. The van der Waals surface area contributed by atoms with Crippen molar-refractivity contribution in [3.8, 4) is 11.5 Å². The van der Waals surface area contributed by atoms with E-state index in [4.69, 9.17) is 9.47 Å². The summed E-state index contributed by atoms with van der Waals surface area (Å²) in [6.07, 6.45) is 3.65. The van der Waals surface area contributed by atoms with Crippen molar-refractivity contribution in [2.24, 2.45) is 0 Å². The van der Waals surface area contributed by atoms with Crippen molar-refractivity contribution in [3.63, 3.8) is 0 Å². The van der Waals surface area contributed by atoms with Gasteiger partial charge >= 0.3 is 6.03 Å². The minimum atomic E-state index is -0.802. The predicted octanol–water partition coefficient (Wildman–Crippen LogP) is 6.05. The number of barbiturate groups is 1. The van der Waals surface area contributed by atoms with E-state index >= 15 is 0 Å². The molecule has 0 radical (unpaired) electrons. The second-order valence-electron chi connectivity index (χ2n) is 8.87. The molecule has 38 heavy (non-hydrogen) atoms. The highest BCUT2D eigenvalue weighted by atomic mass is 79.9. The highest BCUT2D eigenvalue weighted by Gasteiger charge is 2.37. The van der Waals surface area contributed by atoms with Gasteiger partial charge in [-0.2, -0.15) is 0 Å². The molecule has 1 aliphatic heterocycles. The maximum atomic E-state index is 13.4.